The van der Waals surface area contributed by atoms with Crippen LogP contribution in [0.2, 0.25) is 0 Å². The third-order valence-corrected chi connectivity index (χ3v) is 3.96. The minimum atomic E-state index is 0.759. The molecule has 1 fully saturated rings. The Balaban J connectivity index is 1.94. The van der Waals surface area contributed by atoms with Crippen molar-refractivity contribution in [2.75, 3.05) is 13.6 Å². The Morgan fingerprint density at radius 1 is 1.33 bits per heavy atom. The summed E-state index contributed by atoms with van der Waals surface area (Å²) in [6.07, 6.45) is 5.62. The molecule has 0 aromatic heterocycles. The third kappa shape index (κ3) is 3.34. The molecular formula is C16H22N2. The van der Waals surface area contributed by atoms with E-state index in [0.717, 1.165) is 18.0 Å². The molecule has 0 radical (unpaired) electrons. The first-order valence-electron chi connectivity index (χ1n) is 6.87. The Hall–Kier alpha value is -1.33. The molecule has 0 saturated heterocycles. The predicted octanol–water partition coefficient (Wildman–Crippen LogP) is 3.49. The highest BCUT2D eigenvalue weighted by Crippen LogP contribution is 2.25. The van der Waals surface area contributed by atoms with Crippen LogP contribution in [-0.4, -0.2) is 18.5 Å². The first-order chi connectivity index (χ1) is 8.69. The molecule has 0 N–H and O–H groups in total. The molecule has 0 heterocycles. The average Bonchev–Trinajstić information content (AvgIpc) is 2.84. The molecule has 0 bridgehead atoms. The second-order valence-electron chi connectivity index (χ2n) is 5.60. The number of rotatable bonds is 4. The van der Waals surface area contributed by atoms with E-state index >= 15 is 0 Å². The van der Waals surface area contributed by atoms with Gasteiger partial charge in [-0.1, -0.05) is 18.9 Å². The Bertz CT molecular complexity index is 439. The molecule has 0 spiro atoms. The van der Waals surface area contributed by atoms with Gasteiger partial charge in [-0.25, -0.2) is 0 Å². The second kappa shape index (κ2) is 6.02. The molecule has 1 aliphatic carbocycles. The van der Waals surface area contributed by atoms with E-state index in [0.29, 0.717) is 0 Å². The fraction of sp³-hybridized carbons (Fsp3) is 0.562. The lowest BCUT2D eigenvalue weighted by molar-refractivity contribution is 0.271. The maximum Gasteiger partial charge on any atom is 0.0991 e. The molecule has 0 atom stereocenters. The van der Waals surface area contributed by atoms with Gasteiger partial charge in [0.05, 0.1) is 11.6 Å². The number of nitrogens with zero attached hydrogens (tertiary/aromatic N) is 2. The van der Waals surface area contributed by atoms with E-state index in [1.165, 1.54) is 43.4 Å². The van der Waals surface area contributed by atoms with Crippen molar-refractivity contribution in [1.29, 1.82) is 5.26 Å². The highest BCUT2D eigenvalue weighted by Gasteiger charge is 2.17. The molecule has 1 saturated carbocycles. The summed E-state index contributed by atoms with van der Waals surface area (Å²) in [5, 5.41) is 8.86. The van der Waals surface area contributed by atoms with Gasteiger partial charge in [-0.05, 0) is 56.0 Å². The van der Waals surface area contributed by atoms with Crippen molar-refractivity contribution in [3.8, 4) is 6.07 Å². The minimum Gasteiger partial charge on any atom is -0.302 e. The Morgan fingerprint density at radius 2 is 2.06 bits per heavy atom. The van der Waals surface area contributed by atoms with E-state index in [4.69, 9.17) is 5.26 Å². The lowest BCUT2D eigenvalue weighted by Gasteiger charge is -2.21. The van der Waals surface area contributed by atoms with Gasteiger partial charge in [-0.3, -0.25) is 0 Å². The second-order valence-corrected chi connectivity index (χ2v) is 5.60. The van der Waals surface area contributed by atoms with Gasteiger partial charge in [-0.2, -0.15) is 5.26 Å². The molecule has 18 heavy (non-hydrogen) atoms. The van der Waals surface area contributed by atoms with Gasteiger partial charge >= 0.3 is 0 Å². The van der Waals surface area contributed by atoms with Crippen LogP contribution >= 0.6 is 0 Å². The molecule has 2 heteroatoms. The van der Waals surface area contributed by atoms with Crippen molar-refractivity contribution in [3.05, 3.63) is 34.9 Å². The summed E-state index contributed by atoms with van der Waals surface area (Å²) in [5.41, 5.74) is 3.33. The van der Waals surface area contributed by atoms with E-state index in [2.05, 4.69) is 31.0 Å². The standard InChI is InChI=1S/C16H22N2/c1-13-9-15(10-17)7-8-16(13)12-18(2)11-14-5-3-4-6-14/h7-9,14H,3-6,11-12H2,1-2H3. The Morgan fingerprint density at radius 3 is 2.67 bits per heavy atom. The predicted molar refractivity (Wildman–Crippen MR) is 74.2 cm³/mol. The van der Waals surface area contributed by atoms with Gasteiger partial charge in [0.25, 0.3) is 0 Å². The van der Waals surface area contributed by atoms with Crippen LogP contribution in [0, 0.1) is 24.2 Å². The zero-order valence-corrected chi connectivity index (χ0v) is 11.4. The first kappa shape index (κ1) is 13.1. The van der Waals surface area contributed by atoms with Gasteiger partial charge in [0, 0.05) is 13.1 Å². The van der Waals surface area contributed by atoms with Crippen molar-refractivity contribution in [2.45, 2.75) is 39.2 Å². The maximum absolute atomic E-state index is 8.86. The molecular weight excluding hydrogens is 220 g/mol. The summed E-state index contributed by atoms with van der Waals surface area (Å²) in [5.74, 6) is 0.897. The summed E-state index contributed by atoms with van der Waals surface area (Å²) >= 11 is 0. The Labute approximate surface area is 110 Å². The number of aryl methyl sites for hydroxylation is 1. The van der Waals surface area contributed by atoms with Crippen molar-refractivity contribution in [1.82, 2.24) is 4.90 Å². The van der Waals surface area contributed by atoms with E-state index in [1.807, 2.05) is 12.1 Å². The van der Waals surface area contributed by atoms with Gasteiger partial charge in [0.15, 0.2) is 0 Å². The third-order valence-electron chi connectivity index (χ3n) is 3.96. The summed E-state index contributed by atoms with van der Waals surface area (Å²) in [7, 11) is 2.20. The number of hydrogen-bond acceptors (Lipinski definition) is 2. The largest absolute Gasteiger partial charge is 0.302 e. The lowest BCUT2D eigenvalue weighted by Crippen LogP contribution is -2.24. The van der Waals surface area contributed by atoms with Gasteiger partial charge in [0.2, 0.25) is 0 Å². The summed E-state index contributed by atoms with van der Waals surface area (Å²) in [4.78, 5) is 2.42. The SMILES string of the molecule is Cc1cc(C#N)ccc1CN(C)CC1CCCC1. The molecule has 1 aromatic carbocycles. The molecule has 96 valence electrons. The van der Waals surface area contributed by atoms with Crippen LogP contribution in [0.5, 0.6) is 0 Å². The maximum atomic E-state index is 8.86. The van der Waals surface area contributed by atoms with Crippen LogP contribution in [0.3, 0.4) is 0 Å². The molecule has 1 aromatic rings. The minimum absolute atomic E-state index is 0.759. The van der Waals surface area contributed by atoms with Crippen molar-refractivity contribution in [3.63, 3.8) is 0 Å². The highest BCUT2D eigenvalue weighted by molar-refractivity contribution is 5.37. The molecule has 2 rings (SSSR count). The number of nitriles is 1. The number of benzene rings is 1. The smallest absolute Gasteiger partial charge is 0.0991 e. The number of hydrogen-bond donors (Lipinski definition) is 0. The lowest BCUT2D eigenvalue weighted by atomic mass is 10.0. The normalized spacial score (nSPS) is 16.1. The van der Waals surface area contributed by atoms with Crippen LogP contribution in [0.25, 0.3) is 0 Å². The van der Waals surface area contributed by atoms with E-state index < -0.39 is 0 Å². The average molecular weight is 242 g/mol. The van der Waals surface area contributed by atoms with Crippen molar-refractivity contribution >= 4 is 0 Å². The molecule has 0 unspecified atom stereocenters. The summed E-state index contributed by atoms with van der Waals surface area (Å²) < 4.78 is 0. The molecule has 2 nitrogen and oxygen atoms in total. The van der Waals surface area contributed by atoms with Gasteiger partial charge in [-0.15, -0.1) is 0 Å². The molecule has 0 aliphatic heterocycles. The van der Waals surface area contributed by atoms with Crippen LogP contribution in [0.15, 0.2) is 18.2 Å². The zero-order chi connectivity index (χ0) is 13.0. The molecule has 1 aliphatic rings. The van der Waals surface area contributed by atoms with Crippen LogP contribution in [0.1, 0.15) is 42.4 Å². The summed E-state index contributed by atoms with van der Waals surface area (Å²) in [6, 6.07) is 8.20. The summed E-state index contributed by atoms with van der Waals surface area (Å²) in [6.45, 7) is 4.30. The monoisotopic (exact) mass is 242 g/mol. The van der Waals surface area contributed by atoms with E-state index in [-0.39, 0.29) is 0 Å². The first-order valence-corrected chi connectivity index (χ1v) is 6.87. The highest BCUT2D eigenvalue weighted by atomic mass is 15.1. The van der Waals surface area contributed by atoms with Crippen molar-refractivity contribution < 1.29 is 0 Å². The van der Waals surface area contributed by atoms with Crippen molar-refractivity contribution in [2.24, 2.45) is 5.92 Å². The fourth-order valence-corrected chi connectivity index (χ4v) is 2.93. The quantitative estimate of drug-likeness (QED) is 0.808. The van der Waals surface area contributed by atoms with Gasteiger partial charge < -0.3 is 4.90 Å². The van der Waals surface area contributed by atoms with Crippen LogP contribution in [0.4, 0.5) is 0 Å². The topological polar surface area (TPSA) is 27.0 Å². The van der Waals surface area contributed by atoms with Crippen LogP contribution in [-0.2, 0) is 6.54 Å². The van der Waals surface area contributed by atoms with Crippen LogP contribution < -0.4 is 0 Å². The fourth-order valence-electron chi connectivity index (χ4n) is 2.93. The molecule has 0 amide bonds. The van der Waals surface area contributed by atoms with E-state index in [9.17, 15) is 0 Å². The van der Waals surface area contributed by atoms with E-state index in [1.54, 1.807) is 0 Å². The van der Waals surface area contributed by atoms with Gasteiger partial charge in [0.1, 0.15) is 0 Å². The Kier molecular flexibility index (Phi) is 4.38. The zero-order valence-electron chi connectivity index (χ0n) is 11.4.